The molecule has 76 valence electrons. The molecule has 0 radical (unpaired) electrons. The molecular weight excluding hydrogens is 190 g/mol. The third-order valence-corrected chi connectivity index (χ3v) is 1.80. The third kappa shape index (κ3) is 3.63. The van der Waals surface area contributed by atoms with Gasteiger partial charge in [-0.25, -0.2) is 4.98 Å². The van der Waals surface area contributed by atoms with Crippen LogP contribution in [0, 0.1) is 22.7 Å². The molecule has 0 unspecified atom stereocenters. The van der Waals surface area contributed by atoms with E-state index in [0.29, 0.717) is 12.4 Å². The van der Waals surface area contributed by atoms with Crippen LogP contribution in [0.4, 0.5) is 5.82 Å². The highest BCUT2D eigenvalue weighted by molar-refractivity contribution is 5.28. The normalized spacial score (nSPS) is 9.53. The van der Waals surface area contributed by atoms with Crippen molar-refractivity contribution in [2.75, 3.05) is 18.8 Å². The molecule has 15 heavy (non-hydrogen) atoms. The lowest BCUT2D eigenvalue weighted by Crippen LogP contribution is -2.24. The minimum absolute atomic E-state index is 0.212. The van der Waals surface area contributed by atoms with Crippen LogP contribution in [0.25, 0.3) is 0 Å². The predicted octanol–water partition coefficient (Wildman–Crippen LogP) is 0.513. The Bertz CT molecular complexity index is 385. The Hall–Kier alpha value is -2.11. The third-order valence-electron chi connectivity index (χ3n) is 1.80. The quantitative estimate of drug-likeness (QED) is 0.717. The zero-order chi connectivity index (χ0) is 11.1. The number of nitrogen functional groups attached to an aromatic ring is 1. The maximum Gasteiger partial charge on any atom is 0.123 e. The van der Waals surface area contributed by atoms with E-state index < -0.39 is 0 Å². The highest BCUT2D eigenvalue weighted by Crippen LogP contribution is 2.03. The summed E-state index contributed by atoms with van der Waals surface area (Å²) < 4.78 is 0. The first-order valence-electron chi connectivity index (χ1n) is 4.44. The largest absolute Gasteiger partial charge is 0.384 e. The van der Waals surface area contributed by atoms with Gasteiger partial charge in [-0.3, -0.25) is 4.90 Å². The van der Waals surface area contributed by atoms with Gasteiger partial charge in [0.1, 0.15) is 5.82 Å². The van der Waals surface area contributed by atoms with E-state index in [2.05, 4.69) is 4.98 Å². The molecule has 0 bridgehead atoms. The Balaban J connectivity index is 2.66. The van der Waals surface area contributed by atoms with Crippen LogP contribution in [-0.4, -0.2) is 23.0 Å². The molecule has 0 saturated carbocycles. The van der Waals surface area contributed by atoms with Crippen LogP contribution in [0.3, 0.4) is 0 Å². The smallest absolute Gasteiger partial charge is 0.123 e. The second-order valence-corrected chi connectivity index (χ2v) is 3.02. The fourth-order valence-corrected chi connectivity index (χ4v) is 1.18. The topological polar surface area (TPSA) is 89.7 Å². The van der Waals surface area contributed by atoms with Gasteiger partial charge in [0.05, 0.1) is 30.9 Å². The summed E-state index contributed by atoms with van der Waals surface area (Å²) >= 11 is 0. The van der Waals surface area contributed by atoms with Crippen LogP contribution in [0.1, 0.15) is 5.69 Å². The van der Waals surface area contributed by atoms with Gasteiger partial charge in [0.15, 0.2) is 0 Å². The van der Waals surface area contributed by atoms with E-state index in [1.54, 1.807) is 17.0 Å². The van der Waals surface area contributed by atoms with Crippen molar-refractivity contribution in [3.8, 4) is 12.1 Å². The molecule has 2 N–H and O–H groups in total. The highest BCUT2D eigenvalue weighted by atomic mass is 15.1. The lowest BCUT2D eigenvalue weighted by molar-refractivity contribution is 0.331. The van der Waals surface area contributed by atoms with Crippen molar-refractivity contribution in [2.24, 2.45) is 0 Å². The van der Waals surface area contributed by atoms with Gasteiger partial charge in [-0.15, -0.1) is 0 Å². The number of hydrogen-bond acceptors (Lipinski definition) is 5. The second kappa shape index (κ2) is 5.58. The summed E-state index contributed by atoms with van der Waals surface area (Å²) in [6.07, 6.45) is 0. The van der Waals surface area contributed by atoms with Crippen molar-refractivity contribution in [2.45, 2.75) is 6.54 Å². The van der Waals surface area contributed by atoms with E-state index in [0.717, 1.165) is 5.69 Å². The van der Waals surface area contributed by atoms with Gasteiger partial charge in [0.25, 0.3) is 0 Å². The summed E-state index contributed by atoms with van der Waals surface area (Å²) in [4.78, 5) is 5.79. The van der Waals surface area contributed by atoms with Crippen LogP contribution in [0.2, 0.25) is 0 Å². The first-order chi connectivity index (χ1) is 7.26. The summed E-state index contributed by atoms with van der Waals surface area (Å²) in [7, 11) is 0. The molecular formula is C10H11N5. The molecule has 0 aliphatic carbocycles. The Kier molecular flexibility index (Phi) is 4.08. The summed E-state index contributed by atoms with van der Waals surface area (Å²) in [6.45, 7) is 0.889. The lowest BCUT2D eigenvalue weighted by atomic mass is 10.3. The standard InChI is InChI=1S/C10H11N5/c11-4-6-15(7-5-12)8-9-2-1-3-10(13)14-9/h1-3H,6-8H2,(H2,13,14). The molecule has 0 aliphatic heterocycles. The monoisotopic (exact) mass is 201 g/mol. The molecule has 0 atom stereocenters. The lowest BCUT2D eigenvalue weighted by Gasteiger charge is -2.14. The van der Waals surface area contributed by atoms with Crippen LogP contribution in [0.15, 0.2) is 18.2 Å². The zero-order valence-electron chi connectivity index (χ0n) is 8.22. The first kappa shape index (κ1) is 11.0. The van der Waals surface area contributed by atoms with Crippen molar-refractivity contribution in [1.82, 2.24) is 9.88 Å². The number of anilines is 1. The highest BCUT2D eigenvalue weighted by Gasteiger charge is 2.05. The van der Waals surface area contributed by atoms with Gasteiger partial charge in [-0.2, -0.15) is 10.5 Å². The zero-order valence-corrected chi connectivity index (χ0v) is 8.22. The first-order valence-corrected chi connectivity index (χ1v) is 4.44. The number of pyridine rings is 1. The molecule has 1 aromatic heterocycles. The molecule has 0 amide bonds. The van der Waals surface area contributed by atoms with E-state index >= 15 is 0 Å². The predicted molar refractivity (Wildman–Crippen MR) is 55.2 cm³/mol. The SMILES string of the molecule is N#CCN(CC#N)Cc1cccc(N)n1. The molecule has 1 aromatic rings. The van der Waals surface area contributed by atoms with Gasteiger partial charge >= 0.3 is 0 Å². The van der Waals surface area contributed by atoms with E-state index in [4.69, 9.17) is 16.3 Å². The van der Waals surface area contributed by atoms with Crippen LogP contribution >= 0.6 is 0 Å². The van der Waals surface area contributed by atoms with Crippen molar-refractivity contribution >= 4 is 5.82 Å². The van der Waals surface area contributed by atoms with E-state index in [1.165, 1.54) is 0 Å². The van der Waals surface area contributed by atoms with Gasteiger partial charge in [0.2, 0.25) is 0 Å². The van der Waals surface area contributed by atoms with Gasteiger partial charge in [0, 0.05) is 6.54 Å². The molecule has 0 aliphatic rings. The Morgan fingerprint density at radius 3 is 2.47 bits per heavy atom. The molecule has 0 spiro atoms. The molecule has 1 heterocycles. The molecule has 0 saturated heterocycles. The van der Waals surface area contributed by atoms with Crippen molar-refractivity contribution < 1.29 is 0 Å². The minimum Gasteiger partial charge on any atom is -0.384 e. The van der Waals surface area contributed by atoms with E-state index in [1.807, 2.05) is 18.2 Å². The van der Waals surface area contributed by atoms with Gasteiger partial charge < -0.3 is 5.73 Å². The van der Waals surface area contributed by atoms with Crippen LogP contribution < -0.4 is 5.73 Å². The van der Waals surface area contributed by atoms with Gasteiger partial charge in [-0.1, -0.05) is 6.07 Å². The number of nitrogens with zero attached hydrogens (tertiary/aromatic N) is 4. The molecule has 5 nitrogen and oxygen atoms in total. The van der Waals surface area contributed by atoms with Crippen LogP contribution in [0.5, 0.6) is 0 Å². The Morgan fingerprint density at radius 1 is 1.27 bits per heavy atom. The van der Waals surface area contributed by atoms with E-state index in [9.17, 15) is 0 Å². The fraction of sp³-hybridized carbons (Fsp3) is 0.300. The molecule has 0 aromatic carbocycles. The van der Waals surface area contributed by atoms with Crippen LogP contribution in [-0.2, 0) is 6.54 Å². The average Bonchev–Trinajstić information content (AvgIpc) is 2.18. The maximum absolute atomic E-state index is 8.55. The number of rotatable bonds is 4. The number of aromatic nitrogens is 1. The van der Waals surface area contributed by atoms with Gasteiger partial charge in [-0.05, 0) is 12.1 Å². The molecule has 5 heteroatoms. The number of hydrogen-bond donors (Lipinski definition) is 1. The second-order valence-electron chi connectivity index (χ2n) is 3.02. The van der Waals surface area contributed by atoms with Crippen molar-refractivity contribution in [3.63, 3.8) is 0 Å². The van der Waals surface area contributed by atoms with Crippen molar-refractivity contribution in [1.29, 1.82) is 10.5 Å². The Morgan fingerprint density at radius 2 is 1.93 bits per heavy atom. The summed E-state index contributed by atoms with van der Waals surface area (Å²) in [5.74, 6) is 0.446. The summed E-state index contributed by atoms with van der Waals surface area (Å²) in [5, 5.41) is 17.1. The average molecular weight is 201 g/mol. The summed E-state index contributed by atoms with van der Waals surface area (Å²) in [6, 6.07) is 9.32. The Labute approximate surface area is 88.4 Å². The fourth-order valence-electron chi connectivity index (χ4n) is 1.18. The molecule has 0 fully saturated rings. The number of nitrogens with two attached hydrogens (primary N) is 1. The number of nitriles is 2. The van der Waals surface area contributed by atoms with Crippen molar-refractivity contribution in [3.05, 3.63) is 23.9 Å². The maximum atomic E-state index is 8.55. The minimum atomic E-state index is 0.212. The summed E-state index contributed by atoms with van der Waals surface area (Å²) in [5.41, 5.74) is 6.29. The molecule has 1 rings (SSSR count). The van der Waals surface area contributed by atoms with E-state index in [-0.39, 0.29) is 13.1 Å².